The van der Waals surface area contributed by atoms with E-state index in [0.29, 0.717) is 16.6 Å². The van der Waals surface area contributed by atoms with Crippen LogP contribution in [-0.2, 0) is 22.6 Å². The number of benzene rings is 2. The molecule has 7 heteroatoms. The van der Waals surface area contributed by atoms with Gasteiger partial charge in [-0.05, 0) is 42.7 Å². The molecular formula is C27H31N3O4. The summed E-state index contributed by atoms with van der Waals surface area (Å²) in [4.78, 5) is 51.8. The maximum Gasteiger partial charge on any atom is 0.336 e. The van der Waals surface area contributed by atoms with Crippen LogP contribution in [0.3, 0.4) is 0 Å². The number of carbonyl (C=O) groups excluding carboxylic acids is 2. The molecule has 1 heterocycles. The number of ketones is 1. The Morgan fingerprint density at radius 2 is 1.62 bits per heavy atom. The molecule has 4 rings (SSSR count). The van der Waals surface area contributed by atoms with Crippen molar-refractivity contribution in [3.05, 3.63) is 74.9 Å². The second kappa shape index (κ2) is 9.41. The molecule has 178 valence electrons. The second-order valence-corrected chi connectivity index (χ2v) is 10.1. The summed E-state index contributed by atoms with van der Waals surface area (Å²) in [5.41, 5.74) is 0.0164. The monoisotopic (exact) mass is 461 g/mol. The van der Waals surface area contributed by atoms with Gasteiger partial charge in [0, 0.05) is 11.5 Å². The first-order valence-corrected chi connectivity index (χ1v) is 11.8. The highest BCUT2D eigenvalue weighted by Crippen LogP contribution is 2.19. The van der Waals surface area contributed by atoms with E-state index in [1.54, 1.807) is 69.3 Å². The van der Waals surface area contributed by atoms with Crippen LogP contribution in [0.25, 0.3) is 16.6 Å². The Kier molecular flexibility index (Phi) is 6.55. The third-order valence-electron chi connectivity index (χ3n) is 6.47. The van der Waals surface area contributed by atoms with Crippen molar-refractivity contribution in [2.45, 2.75) is 65.5 Å². The minimum absolute atomic E-state index is 0.0226. The Morgan fingerprint density at radius 3 is 2.26 bits per heavy atom. The largest absolute Gasteiger partial charge is 0.353 e. The van der Waals surface area contributed by atoms with Gasteiger partial charge in [0.2, 0.25) is 5.91 Å². The van der Waals surface area contributed by atoms with Crippen LogP contribution in [0, 0.1) is 5.41 Å². The molecular weight excluding hydrogens is 430 g/mol. The Balaban J connectivity index is 1.68. The smallest absolute Gasteiger partial charge is 0.336 e. The summed E-state index contributed by atoms with van der Waals surface area (Å²) in [5, 5.41) is 3.43. The van der Waals surface area contributed by atoms with Crippen LogP contribution in [0.15, 0.2) is 58.1 Å². The van der Waals surface area contributed by atoms with Crippen LogP contribution in [0.4, 0.5) is 0 Å². The number of carbonyl (C=O) groups is 2. The lowest BCUT2D eigenvalue weighted by Gasteiger charge is -2.19. The second-order valence-electron chi connectivity index (χ2n) is 10.1. The lowest BCUT2D eigenvalue weighted by molar-refractivity contribution is -0.127. The fraction of sp³-hybridized carbons (Fsp3) is 0.407. The van der Waals surface area contributed by atoms with Crippen LogP contribution in [0.5, 0.6) is 0 Å². The zero-order chi connectivity index (χ0) is 24.5. The lowest BCUT2D eigenvalue weighted by atomic mass is 9.91. The summed E-state index contributed by atoms with van der Waals surface area (Å²) in [6.07, 6.45) is 4.60. The van der Waals surface area contributed by atoms with Crippen molar-refractivity contribution < 1.29 is 9.59 Å². The van der Waals surface area contributed by atoms with Crippen LogP contribution >= 0.6 is 0 Å². The standard InChI is InChI=1S/C27H31N3O4/c1-27(2,3)23(31)17-29-22-11-7-6-10-21(22)25(33)30(26(29)34)20-14-12-18(13-15-20)16-24(32)28-19-8-4-5-9-19/h6-7,10-15,19H,4-5,8-9,16-17H2,1-3H3,(H,28,32). The van der Waals surface area contributed by atoms with Crippen LogP contribution < -0.4 is 16.6 Å². The number of hydrogen-bond donors (Lipinski definition) is 1. The molecule has 7 nitrogen and oxygen atoms in total. The van der Waals surface area contributed by atoms with Crippen LogP contribution in [0.1, 0.15) is 52.0 Å². The molecule has 1 aliphatic rings. The van der Waals surface area contributed by atoms with Gasteiger partial charge in [0.15, 0.2) is 5.78 Å². The third-order valence-corrected chi connectivity index (χ3v) is 6.47. The SMILES string of the molecule is CC(C)(C)C(=O)Cn1c(=O)n(-c2ccc(CC(=O)NC3CCCC3)cc2)c(=O)c2ccccc21. The van der Waals surface area contributed by atoms with Crippen LogP contribution in [0.2, 0.25) is 0 Å². The number of fused-ring (bicyclic) bond motifs is 1. The lowest BCUT2D eigenvalue weighted by Crippen LogP contribution is -2.41. The molecule has 2 aromatic carbocycles. The third kappa shape index (κ3) is 4.88. The van der Waals surface area contributed by atoms with Gasteiger partial charge in [0.25, 0.3) is 5.56 Å². The topological polar surface area (TPSA) is 90.2 Å². The quantitative estimate of drug-likeness (QED) is 0.609. The molecule has 1 amide bonds. The predicted octanol–water partition coefficient (Wildman–Crippen LogP) is 3.37. The molecule has 0 bridgehead atoms. The van der Waals surface area contributed by atoms with Gasteiger partial charge in [-0.15, -0.1) is 0 Å². The maximum atomic E-state index is 13.4. The van der Waals surface area contributed by atoms with Gasteiger partial charge in [0.05, 0.1) is 29.6 Å². The van der Waals surface area contributed by atoms with E-state index in [1.807, 2.05) is 0 Å². The average Bonchev–Trinajstić information content (AvgIpc) is 3.30. The number of nitrogens with zero attached hydrogens (tertiary/aromatic N) is 2. The molecule has 1 fully saturated rings. The van der Waals surface area contributed by atoms with Crippen molar-refractivity contribution in [1.29, 1.82) is 0 Å². The van der Waals surface area contributed by atoms with Gasteiger partial charge >= 0.3 is 5.69 Å². The molecule has 1 saturated carbocycles. The molecule has 34 heavy (non-hydrogen) atoms. The summed E-state index contributed by atoms with van der Waals surface area (Å²) in [7, 11) is 0. The number of nitrogens with one attached hydrogen (secondary N) is 1. The summed E-state index contributed by atoms with van der Waals surface area (Å²) >= 11 is 0. The van der Waals surface area contributed by atoms with Crippen molar-refractivity contribution in [2.24, 2.45) is 5.41 Å². The Labute approximate surface area is 198 Å². The van der Waals surface area contributed by atoms with E-state index in [2.05, 4.69) is 5.32 Å². The van der Waals surface area contributed by atoms with Gasteiger partial charge in [-0.2, -0.15) is 0 Å². The highest BCUT2D eigenvalue weighted by atomic mass is 16.2. The van der Waals surface area contributed by atoms with Gasteiger partial charge in [-0.25, -0.2) is 9.36 Å². The van der Waals surface area contributed by atoms with Crippen LogP contribution in [-0.4, -0.2) is 26.9 Å². The van der Waals surface area contributed by atoms with Gasteiger partial charge in [-0.1, -0.05) is 57.9 Å². The van der Waals surface area contributed by atoms with E-state index < -0.39 is 16.7 Å². The average molecular weight is 462 g/mol. The van der Waals surface area contributed by atoms with E-state index >= 15 is 0 Å². The van der Waals surface area contributed by atoms with Crippen molar-refractivity contribution in [3.63, 3.8) is 0 Å². The zero-order valence-corrected chi connectivity index (χ0v) is 20.0. The molecule has 0 spiro atoms. The number of Topliss-reactive ketones (excluding diaryl/α,β-unsaturated/α-hetero) is 1. The maximum absolute atomic E-state index is 13.4. The Morgan fingerprint density at radius 1 is 0.971 bits per heavy atom. The summed E-state index contributed by atoms with van der Waals surface area (Å²) < 4.78 is 2.47. The van der Waals surface area contributed by atoms with Gasteiger partial charge in [0.1, 0.15) is 0 Å². The molecule has 0 radical (unpaired) electrons. The predicted molar refractivity (Wildman–Crippen MR) is 132 cm³/mol. The first-order valence-electron chi connectivity index (χ1n) is 11.8. The minimum atomic E-state index is -0.623. The van der Waals surface area contributed by atoms with Crippen molar-refractivity contribution >= 4 is 22.6 Å². The first kappa shape index (κ1) is 23.7. The molecule has 0 atom stereocenters. The Bertz CT molecular complexity index is 1340. The number of para-hydroxylation sites is 1. The molecule has 3 aromatic rings. The van der Waals surface area contributed by atoms with Crippen molar-refractivity contribution in [2.75, 3.05) is 0 Å². The summed E-state index contributed by atoms with van der Waals surface area (Å²) in [6, 6.07) is 14.0. The fourth-order valence-electron chi connectivity index (χ4n) is 4.38. The molecule has 0 saturated heterocycles. The molecule has 1 N–H and O–H groups in total. The Hall–Kier alpha value is -3.48. The van der Waals surface area contributed by atoms with Gasteiger partial charge < -0.3 is 5.32 Å². The van der Waals surface area contributed by atoms with E-state index in [-0.39, 0.29) is 30.7 Å². The molecule has 1 aromatic heterocycles. The highest BCUT2D eigenvalue weighted by molar-refractivity contribution is 5.86. The number of hydrogen-bond acceptors (Lipinski definition) is 4. The van der Waals surface area contributed by atoms with E-state index in [4.69, 9.17) is 0 Å². The minimum Gasteiger partial charge on any atom is -0.353 e. The molecule has 0 unspecified atom stereocenters. The molecule has 0 aliphatic heterocycles. The van der Waals surface area contributed by atoms with Gasteiger partial charge in [-0.3, -0.25) is 19.0 Å². The normalized spacial score (nSPS) is 14.4. The number of aromatic nitrogens is 2. The first-order chi connectivity index (χ1) is 16.1. The summed E-state index contributed by atoms with van der Waals surface area (Å²) in [6.45, 7) is 5.29. The van der Waals surface area contributed by atoms with E-state index in [1.165, 1.54) is 4.57 Å². The summed E-state index contributed by atoms with van der Waals surface area (Å²) in [5.74, 6) is -0.126. The molecule has 1 aliphatic carbocycles. The van der Waals surface area contributed by atoms with Crippen molar-refractivity contribution in [1.82, 2.24) is 14.5 Å². The van der Waals surface area contributed by atoms with E-state index in [9.17, 15) is 19.2 Å². The fourth-order valence-corrected chi connectivity index (χ4v) is 4.38. The van der Waals surface area contributed by atoms with E-state index in [0.717, 1.165) is 35.8 Å². The highest BCUT2D eigenvalue weighted by Gasteiger charge is 2.24. The zero-order valence-electron chi connectivity index (χ0n) is 20.0. The van der Waals surface area contributed by atoms with Crippen molar-refractivity contribution in [3.8, 4) is 5.69 Å². The number of amides is 1. The number of rotatable bonds is 6.